The topological polar surface area (TPSA) is 39.1 Å². The molecular weight excluding hydrogens is 250 g/mol. The fourth-order valence-electron chi connectivity index (χ4n) is 1.61. The molecule has 0 saturated carbocycles. The Morgan fingerprint density at radius 2 is 2.28 bits per heavy atom. The lowest BCUT2D eigenvalue weighted by Gasteiger charge is -2.02. The summed E-state index contributed by atoms with van der Waals surface area (Å²) in [6.45, 7) is 2.26. The van der Waals surface area contributed by atoms with E-state index in [1.165, 1.54) is 0 Å². The second-order valence-corrected chi connectivity index (χ2v) is 4.34. The quantitative estimate of drug-likeness (QED) is 0.815. The Morgan fingerprint density at radius 3 is 3.06 bits per heavy atom. The average molecular weight is 266 g/mol. The zero-order valence-corrected chi connectivity index (χ0v) is 11.0. The van der Waals surface area contributed by atoms with E-state index in [4.69, 9.17) is 16.3 Å². The molecule has 0 spiro atoms. The predicted octanol–water partition coefficient (Wildman–Crippen LogP) is 2.26. The molecule has 2 rings (SSSR count). The van der Waals surface area contributed by atoms with Crippen LogP contribution in [0.5, 0.6) is 0 Å². The molecule has 0 saturated heterocycles. The minimum Gasteiger partial charge on any atom is -0.383 e. The third-order valence-electron chi connectivity index (χ3n) is 2.51. The molecule has 18 heavy (non-hydrogen) atoms. The van der Waals surface area contributed by atoms with Crippen LogP contribution < -0.4 is 5.32 Å². The van der Waals surface area contributed by atoms with E-state index in [0.29, 0.717) is 11.6 Å². The van der Waals surface area contributed by atoms with Gasteiger partial charge in [-0.15, -0.1) is 0 Å². The van der Waals surface area contributed by atoms with E-state index < -0.39 is 0 Å². The van der Waals surface area contributed by atoms with Gasteiger partial charge in [-0.05, 0) is 24.3 Å². The van der Waals surface area contributed by atoms with E-state index in [2.05, 4.69) is 10.4 Å². The maximum atomic E-state index is 5.95. The van der Waals surface area contributed by atoms with Crippen LogP contribution in [-0.4, -0.2) is 30.0 Å². The van der Waals surface area contributed by atoms with Crippen LogP contribution in [0.15, 0.2) is 36.5 Å². The molecule has 4 nitrogen and oxygen atoms in total. The summed E-state index contributed by atoms with van der Waals surface area (Å²) in [5.74, 6) is 0. The van der Waals surface area contributed by atoms with Crippen LogP contribution in [0.4, 0.5) is 0 Å². The molecule has 0 atom stereocenters. The Kier molecular flexibility index (Phi) is 4.75. The number of nitrogens with one attached hydrogen (secondary N) is 1. The van der Waals surface area contributed by atoms with Gasteiger partial charge in [0.1, 0.15) is 0 Å². The SMILES string of the molecule is COCCNCc1ccn(-c2cccc(Cl)c2)n1. The first-order chi connectivity index (χ1) is 8.79. The lowest BCUT2D eigenvalue weighted by molar-refractivity contribution is 0.199. The van der Waals surface area contributed by atoms with Crippen molar-refractivity contribution in [2.24, 2.45) is 0 Å². The van der Waals surface area contributed by atoms with Crippen molar-refractivity contribution in [3.63, 3.8) is 0 Å². The zero-order valence-electron chi connectivity index (χ0n) is 10.3. The molecule has 0 amide bonds. The highest BCUT2D eigenvalue weighted by Crippen LogP contribution is 2.14. The molecule has 0 aliphatic carbocycles. The summed E-state index contributed by atoms with van der Waals surface area (Å²) < 4.78 is 6.78. The van der Waals surface area contributed by atoms with Crippen LogP contribution in [-0.2, 0) is 11.3 Å². The van der Waals surface area contributed by atoms with Crippen LogP contribution in [0.1, 0.15) is 5.69 Å². The minimum atomic E-state index is 0.703. The molecule has 0 aliphatic heterocycles. The van der Waals surface area contributed by atoms with E-state index >= 15 is 0 Å². The predicted molar refractivity (Wildman–Crippen MR) is 72.2 cm³/mol. The normalized spacial score (nSPS) is 10.8. The number of ether oxygens (including phenoxy) is 1. The molecule has 1 N–H and O–H groups in total. The largest absolute Gasteiger partial charge is 0.383 e. The number of halogens is 1. The monoisotopic (exact) mass is 265 g/mol. The standard InChI is InChI=1S/C13H16ClN3O/c1-18-8-6-15-10-12-5-7-17(16-12)13-4-2-3-11(14)9-13/h2-5,7,9,15H,6,8,10H2,1H3. The van der Waals surface area contributed by atoms with Gasteiger partial charge in [0.05, 0.1) is 18.0 Å². The number of methoxy groups -OCH3 is 1. The lowest BCUT2D eigenvalue weighted by Crippen LogP contribution is -2.18. The Balaban J connectivity index is 1.97. The first-order valence-corrected chi connectivity index (χ1v) is 6.17. The van der Waals surface area contributed by atoms with Crippen LogP contribution in [0.3, 0.4) is 0 Å². The molecule has 96 valence electrons. The molecule has 0 bridgehead atoms. The number of rotatable bonds is 6. The molecule has 0 fully saturated rings. The number of nitrogens with zero attached hydrogens (tertiary/aromatic N) is 2. The lowest BCUT2D eigenvalue weighted by atomic mass is 10.3. The van der Waals surface area contributed by atoms with Crippen molar-refractivity contribution in [3.05, 3.63) is 47.2 Å². The van der Waals surface area contributed by atoms with Gasteiger partial charge in [-0.25, -0.2) is 4.68 Å². The van der Waals surface area contributed by atoms with Crippen LogP contribution in [0, 0.1) is 0 Å². The van der Waals surface area contributed by atoms with E-state index in [9.17, 15) is 0 Å². The van der Waals surface area contributed by atoms with Gasteiger partial charge in [-0.1, -0.05) is 17.7 Å². The summed E-state index contributed by atoms with van der Waals surface area (Å²) in [6.07, 6.45) is 1.93. The average Bonchev–Trinajstić information content (AvgIpc) is 2.83. The fourth-order valence-corrected chi connectivity index (χ4v) is 1.79. The van der Waals surface area contributed by atoms with Crippen LogP contribution in [0.2, 0.25) is 5.02 Å². The summed E-state index contributed by atoms with van der Waals surface area (Å²) in [7, 11) is 1.69. The second-order valence-electron chi connectivity index (χ2n) is 3.90. The van der Waals surface area contributed by atoms with Crippen molar-refractivity contribution >= 4 is 11.6 Å². The van der Waals surface area contributed by atoms with Gasteiger partial charge in [-0.2, -0.15) is 5.10 Å². The third-order valence-corrected chi connectivity index (χ3v) is 2.74. The Bertz CT molecular complexity index is 498. The van der Waals surface area contributed by atoms with Crippen molar-refractivity contribution < 1.29 is 4.74 Å². The van der Waals surface area contributed by atoms with E-state index in [1.807, 2.05) is 41.2 Å². The van der Waals surface area contributed by atoms with Gasteiger partial charge in [0.25, 0.3) is 0 Å². The van der Waals surface area contributed by atoms with Gasteiger partial charge in [0.15, 0.2) is 0 Å². The van der Waals surface area contributed by atoms with E-state index in [-0.39, 0.29) is 0 Å². The molecule has 0 aliphatic rings. The number of benzene rings is 1. The minimum absolute atomic E-state index is 0.703. The molecular formula is C13H16ClN3O. The van der Waals surface area contributed by atoms with Crippen molar-refractivity contribution in [1.82, 2.24) is 15.1 Å². The zero-order chi connectivity index (χ0) is 12.8. The number of hydrogen-bond donors (Lipinski definition) is 1. The highest BCUT2D eigenvalue weighted by molar-refractivity contribution is 6.30. The highest BCUT2D eigenvalue weighted by Gasteiger charge is 2.01. The van der Waals surface area contributed by atoms with E-state index in [1.54, 1.807) is 7.11 Å². The van der Waals surface area contributed by atoms with Gasteiger partial charge >= 0.3 is 0 Å². The Morgan fingerprint density at radius 1 is 1.39 bits per heavy atom. The van der Waals surface area contributed by atoms with Crippen LogP contribution in [0.25, 0.3) is 5.69 Å². The van der Waals surface area contributed by atoms with E-state index in [0.717, 1.165) is 24.5 Å². The number of hydrogen-bond acceptors (Lipinski definition) is 3. The number of aromatic nitrogens is 2. The highest BCUT2D eigenvalue weighted by atomic mass is 35.5. The summed E-state index contributed by atoms with van der Waals surface area (Å²) in [6, 6.07) is 9.61. The summed E-state index contributed by atoms with van der Waals surface area (Å²) in [5.41, 5.74) is 1.96. The smallest absolute Gasteiger partial charge is 0.0766 e. The maximum Gasteiger partial charge on any atom is 0.0766 e. The summed E-state index contributed by atoms with van der Waals surface area (Å²) in [5, 5.41) is 8.44. The molecule has 0 radical (unpaired) electrons. The maximum absolute atomic E-state index is 5.95. The summed E-state index contributed by atoms with van der Waals surface area (Å²) in [4.78, 5) is 0. The van der Waals surface area contributed by atoms with Crippen molar-refractivity contribution in [3.8, 4) is 5.69 Å². The molecule has 2 aromatic rings. The van der Waals surface area contributed by atoms with Crippen molar-refractivity contribution in [2.45, 2.75) is 6.54 Å². The Hall–Kier alpha value is -1.36. The first kappa shape index (κ1) is 13.1. The van der Waals surface area contributed by atoms with Gasteiger partial charge in [-0.3, -0.25) is 0 Å². The van der Waals surface area contributed by atoms with Gasteiger partial charge < -0.3 is 10.1 Å². The molecule has 1 aromatic carbocycles. The van der Waals surface area contributed by atoms with Crippen molar-refractivity contribution in [2.75, 3.05) is 20.3 Å². The molecule has 1 heterocycles. The first-order valence-electron chi connectivity index (χ1n) is 5.80. The van der Waals surface area contributed by atoms with Gasteiger partial charge in [0.2, 0.25) is 0 Å². The van der Waals surface area contributed by atoms with Crippen molar-refractivity contribution in [1.29, 1.82) is 0 Å². The summed E-state index contributed by atoms with van der Waals surface area (Å²) >= 11 is 5.95. The molecule has 0 unspecified atom stereocenters. The Labute approximate surface area is 112 Å². The second kappa shape index (κ2) is 6.54. The fraction of sp³-hybridized carbons (Fsp3) is 0.308. The van der Waals surface area contributed by atoms with Crippen LogP contribution >= 0.6 is 11.6 Å². The molecule has 1 aromatic heterocycles. The third kappa shape index (κ3) is 3.57. The molecule has 5 heteroatoms. The van der Waals surface area contributed by atoms with Gasteiger partial charge in [0, 0.05) is 31.4 Å².